The Bertz CT molecular complexity index is 939. The van der Waals surface area contributed by atoms with Crippen molar-refractivity contribution in [1.82, 2.24) is 0 Å². The molecule has 1 N–H and O–H groups in total. The monoisotopic (exact) mass is 364 g/mol. The Morgan fingerprint density at radius 3 is 2.35 bits per heavy atom. The van der Waals surface area contributed by atoms with Crippen molar-refractivity contribution in [2.75, 3.05) is 17.3 Å². The molecule has 0 saturated heterocycles. The maximum atomic E-state index is 13.0. The minimum absolute atomic E-state index is 0.0334. The third-order valence-corrected chi connectivity index (χ3v) is 4.71. The highest BCUT2D eigenvalue weighted by Crippen LogP contribution is 2.38. The van der Waals surface area contributed by atoms with E-state index in [0.717, 1.165) is 22.7 Å². The molecular formula is C21H17ClN2O2. The predicted molar refractivity (Wildman–Crippen MR) is 104 cm³/mol. The van der Waals surface area contributed by atoms with Crippen LogP contribution in [-0.2, 0) is 0 Å². The van der Waals surface area contributed by atoms with Crippen LogP contribution in [-0.4, -0.2) is 13.0 Å². The van der Waals surface area contributed by atoms with Gasteiger partial charge in [-0.25, -0.2) is 0 Å². The molecule has 1 aliphatic heterocycles. The number of hydrogen-bond donors (Lipinski definition) is 1. The van der Waals surface area contributed by atoms with Crippen molar-refractivity contribution < 1.29 is 9.53 Å². The van der Waals surface area contributed by atoms with Crippen LogP contribution in [0, 0.1) is 0 Å². The molecule has 3 aromatic carbocycles. The second-order valence-corrected chi connectivity index (χ2v) is 6.45. The normalized spacial score (nSPS) is 15.7. The Labute approximate surface area is 157 Å². The number of halogens is 1. The van der Waals surface area contributed by atoms with Gasteiger partial charge in [0, 0.05) is 27.5 Å². The lowest BCUT2D eigenvalue weighted by molar-refractivity contribution is 0.0993. The van der Waals surface area contributed by atoms with Crippen molar-refractivity contribution in [2.24, 2.45) is 0 Å². The molecule has 0 saturated carbocycles. The number of fused-ring (bicyclic) bond motifs is 1. The van der Waals surface area contributed by atoms with Crippen molar-refractivity contribution in [1.29, 1.82) is 0 Å². The van der Waals surface area contributed by atoms with Crippen LogP contribution in [0.4, 0.5) is 11.4 Å². The van der Waals surface area contributed by atoms with Crippen LogP contribution in [0.5, 0.6) is 5.75 Å². The Hall–Kier alpha value is -2.98. The largest absolute Gasteiger partial charge is 0.497 e. The SMILES string of the molecule is COc1ccc(NC2c3ccccc3C(=O)N2c2ccc(Cl)cc2)cc1. The van der Waals surface area contributed by atoms with Crippen LogP contribution in [0.3, 0.4) is 0 Å². The zero-order valence-electron chi connectivity index (χ0n) is 14.1. The minimum Gasteiger partial charge on any atom is -0.497 e. The summed E-state index contributed by atoms with van der Waals surface area (Å²) in [6.07, 6.45) is -0.298. The second kappa shape index (κ2) is 6.73. The number of nitrogens with one attached hydrogen (secondary N) is 1. The van der Waals surface area contributed by atoms with E-state index in [4.69, 9.17) is 16.3 Å². The molecule has 1 atom stereocenters. The van der Waals surface area contributed by atoms with Crippen LogP contribution in [0.1, 0.15) is 22.1 Å². The summed E-state index contributed by atoms with van der Waals surface area (Å²) in [5.41, 5.74) is 3.35. The van der Waals surface area contributed by atoms with E-state index in [1.54, 1.807) is 24.1 Å². The molecule has 1 aliphatic rings. The molecule has 4 rings (SSSR count). The van der Waals surface area contributed by atoms with E-state index in [0.29, 0.717) is 10.6 Å². The summed E-state index contributed by atoms with van der Waals surface area (Å²) < 4.78 is 5.21. The minimum atomic E-state index is -0.298. The van der Waals surface area contributed by atoms with Gasteiger partial charge < -0.3 is 10.1 Å². The molecule has 1 unspecified atom stereocenters. The van der Waals surface area contributed by atoms with Crippen molar-refractivity contribution in [2.45, 2.75) is 6.17 Å². The average Bonchev–Trinajstić information content (AvgIpc) is 2.95. The first kappa shape index (κ1) is 16.5. The van der Waals surface area contributed by atoms with Crippen LogP contribution < -0.4 is 15.0 Å². The molecule has 130 valence electrons. The van der Waals surface area contributed by atoms with Crippen molar-refractivity contribution >= 4 is 28.9 Å². The number of carbonyl (C=O) groups excluding carboxylic acids is 1. The van der Waals surface area contributed by atoms with Gasteiger partial charge in [-0.05, 0) is 54.6 Å². The quantitative estimate of drug-likeness (QED) is 0.698. The first-order valence-electron chi connectivity index (χ1n) is 8.26. The van der Waals surface area contributed by atoms with E-state index in [2.05, 4.69) is 5.32 Å². The van der Waals surface area contributed by atoms with E-state index in [-0.39, 0.29) is 12.1 Å². The summed E-state index contributed by atoms with van der Waals surface area (Å²) in [5, 5.41) is 4.10. The molecule has 0 spiro atoms. The van der Waals surface area contributed by atoms with Crippen molar-refractivity contribution in [3.8, 4) is 5.75 Å². The number of rotatable bonds is 4. The number of methoxy groups -OCH3 is 1. The van der Waals surface area contributed by atoms with Crippen LogP contribution in [0.25, 0.3) is 0 Å². The standard InChI is InChI=1S/C21H17ClN2O2/c1-26-17-12-8-15(9-13-17)23-20-18-4-2-3-5-19(18)21(25)24(20)16-10-6-14(22)7-11-16/h2-13,20,23H,1H3. The predicted octanol–water partition coefficient (Wildman–Crippen LogP) is 5.12. The number of amides is 1. The lowest BCUT2D eigenvalue weighted by atomic mass is 10.1. The Morgan fingerprint density at radius 1 is 0.962 bits per heavy atom. The fourth-order valence-corrected chi connectivity index (χ4v) is 3.30. The lowest BCUT2D eigenvalue weighted by Gasteiger charge is -2.27. The highest BCUT2D eigenvalue weighted by molar-refractivity contribution is 6.30. The third-order valence-electron chi connectivity index (χ3n) is 4.46. The van der Waals surface area contributed by atoms with E-state index in [1.807, 2.05) is 60.7 Å². The first-order chi connectivity index (χ1) is 12.7. The van der Waals surface area contributed by atoms with Gasteiger partial charge in [-0.1, -0.05) is 29.8 Å². The van der Waals surface area contributed by atoms with Crippen molar-refractivity contribution in [3.05, 3.63) is 88.9 Å². The maximum absolute atomic E-state index is 13.0. The highest BCUT2D eigenvalue weighted by Gasteiger charge is 2.37. The molecule has 0 bridgehead atoms. The number of carbonyl (C=O) groups is 1. The smallest absolute Gasteiger partial charge is 0.260 e. The Morgan fingerprint density at radius 2 is 1.65 bits per heavy atom. The van der Waals surface area contributed by atoms with Crippen LogP contribution in [0.15, 0.2) is 72.8 Å². The molecule has 3 aromatic rings. The molecule has 0 aliphatic carbocycles. The average molecular weight is 365 g/mol. The van der Waals surface area contributed by atoms with Crippen LogP contribution in [0.2, 0.25) is 5.02 Å². The third kappa shape index (κ3) is 2.89. The molecule has 0 radical (unpaired) electrons. The van der Waals surface area contributed by atoms with Crippen LogP contribution >= 0.6 is 11.6 Å². The van der Waals surface area contributed by atoms with Gasteiger partial charge in [0.2, 0.25) is 0 Å². The van der Waals surface area contributed by atoms with Gasteiger partial charge in [0.05, 0.1) is 7.11 Å². The first-order valence-corrected chi connectivity index (χ1v) is 8.64. The van der Waals surface area contributed by atoms with Gasteiger partial charge in [-0.3, -0.25) is 9.69 Å². The summed E-state index contributed by atoms with van der Waals surface area (Å²) in [7, 11) is 1.64. The van der Waals surface area contributed by atoms with Gasteiger partial charge in [0.25, 0.3) is 5.91 Å². The molecule has 0 aromatic heterocycles. The summed E-state index contributed by atoms with van der Waals surface area (Å²) in [6.45, 7) is 0. The molecule has 26 heavy (non-hydrogen) atoms. The number of nitrogens with zero attached hydrogens (tertiary/aromatic N) is 1. The molecule has 5 heteroatoms. The topological polar surface area (TPSA) is 41.6 Å². The van der Waals surface area contributed by atoms with Gasteiger partial charge in [-0.2, -0.15) is 0 Å². The molecule has 4 nitrogen and oxygen atoms in total. The Balaban J connectivity index is 1.74. The van der Waals surface area contributed by atoms with E-state index >= 15 is 0 Å². The van der Waals surface area contributed by atoms with Crippen molar-refractivity contribution in [3.63, 3.8) is 0 Å². The molecule has 0 fully saturated rings. The van der Waals surface area contributed by atoms with E-state index in [9.17, 15) is 4.79 Å². The highest BCUT2D eigenvalue weighted by atomic mass is 35.5. The van der Waals surface area contributed by atoms with Gasteiger partial charge >= 0.3 is 0 Å². The molecule has 1 heterocycles. The van der Waals surface area contributed by atoms with E-state index < -0.39 is 0 Å². The zero-order chi connectivity index (χ0) is 18.1. The summed E-state index contributed by atoms with van der Waals surface area (Å²) in [5.74, 6) is 0.752. The van der Waals surface area contributed by atoms with Gasteiger partial charge in [0.15, 0.2) is 0 Å². The number of hydrogen-bond acceptors (Lipinski definition) is 3. The summed E-state index contributed by atoms with van der Waals surface area (Å²) >= 11 is 6.01. The fourth-order valence-electron chi connectivity index (χ4n) is 3.17. The number of benzene rings is 3. The zero-order valence-corrected chi connectivity index (χ0v) is 14.9. The Kier molecular flexibility index (Phi) is 4.27. The van der Waals surface area contributed by atoms with Gasteiger partial charge in [0.1, 0.15) is 11.9 Å². The fraction of sp³-hybridized carbons (Fsp3) is 0.0952. The van der Waals surface area contributed by atoms with Gasteiger partial charge in [-0.15, -0.1) is 0 Å². The lowest BCUT2D eigenvalue weighted by Crippen LogP contribution is -2.32. The van der Waals surface area contributed by atoms with E-state index in [1.165, 1.54) is 0 Å². The summed E-state index contributed by atoms with van der Waals surface area (Å²) in [4.78, 5) is 14.8. The molecule has 1 amide bonds. The number of ether oxygens (including phenoxy) is 1. The maximum Gasteiger partial charge on any atom is 0.260 e. The number of anilines is 2. The second-order valence-electron chi connectivity index (χ2n) is 6.01. The molecular weight excluding hydrogens is 348 g/mol. The summed E-state index contributed by atoms with van der Waals surface area (Å²) in [6, 6.07) is 22.6.